The highest BCUT2D eigenvalue weighted by molar-refractivity contribution is 7.47. The summed E-state index contributed by atoms with van der Waals surface area (Å²) in [5.74, 6) is -0.876. The standard InChI is InChI=1S/C61H108NO8P/c1-3-5-7-9-11-13-15-17-19-21-23-25-26-27-28-29-30-31-32-34-35-37-39-41-43-45-47-49-51-53-60(63)67-57-59(58-69-71(65,66)68-56-55-62)70-61(64)54-52-50-48-46-44-42-40-38-36-33-24-22-20-18-16-14-12-10-8-6-4-2/h6,8,12,14,18,20-21,23-24,33,38,40,44,46,59H,3-5,7,9-11,13,15-17,19,22,25-32,34-37,39,41-43,45,47-58,62H2,1-2H3,(H,65,66)/b8-6-,14-12-,20-18-,23-21-,33-24-,40-38-,46-44-. The second-order valence-corrected chi connectivity index (χ2v) is 20.6. The molecule has 2 unspecified atom stereocenters. The summed E-state index contributed by atoms with van der Waals surface area (Å²) in [4.78, 5) is 35.1. The van der Waals surface area contributed by atoms with Crippen molar-refractivity contribution in [3.05, 3.63) is 85.1 Å². The molecule has 0 fully saturated rings. The van der Waals surface area contributed by atoms with Crippen LogP contribution in [0.5, 0.6) is 0 Å². The van der Waals surface area contributed by atoms with Gasteiger partial charge >= 0.3 is 19.8 Å². The van der Waals surface area contributed by atoms with E-state index in [2.05, 4.69) is 98.9 Å². The summed E-state index contributed by atoms with van der Waals surface area (Å²) >= 11 is 0. The summed E-state index contributed by atoms with van der Waals surface area (Å²) in [6, 6.07) is 0. The lowest BCUT2D eigenvalue weighted by Gasteiger charge is -2.19. The van der Waals surface area contributed by atoms with Crippen LogP contribution >= 0.6 is 7.82 Å². The quantitative estimate of drug-likeness (QED) is 0.0264. The normalized spacial score (nSPS) is 13.7. The fourth-order valence-electron chi connectivity index (χ4n) is 7.99. The first kappa shape index (κ1) is 68.2. The van der Waals surface area contributed by atoms with Crippen LogP contribution in [0.25, 0.3) is 0 Å². The molecule has 0 saturated carbocycles. The summed E-state index contributed by atoms with van der Waals surface area (Å²) < 4.78 is 33.0. The third-order valence-electron chi connectivity index (χ3n) is 12.3. The molecule has 0 bridgehead atoms. The minimum absolute atomic E-state index is 0.0428. The lowest BCUT2D eigenvalue weighted by Crippen LogP contribution is -2.29. The maximum Gasteiger partial charge on any atom is 0.472 e. The predicted octanol–water partition coefficient (Wildman–Crippen LogP) is 18.3. The van der Waals surface area contributed by atoms with Crippen LogP contribution in [-0.4, -0.2) is 49.3 Å². The average molecular weight is 1010 g/mol. The Hall–Kier alpha value is -2.81. The zero-order valence-electron chi connectivity index (χ0n) is 45.7. The molecule has 0 aromatic carbocycles. The van der Waals surface area contributed by atoms with Gasteiger partial charge in [0.15, 0.2) is 6.10 Å². The van der Waals surface area contributed by atoms with E-state index in [0.717, 1.165) is 70.6 Å². The number of nitrogens with two attached hydrogens (primary N) is 1. The van der Waals surface area contributed by atoms with Crippen LogP contribution in [0.3, 0.4) is 0 Å². The molecule has 0 aliphatic heterocycles. The predicted molar refractivity (Wildman–Crippen MR) is 302 cm³/mol. The van der Waals surface area contributed by atoms with Crippen LogP contribution < -0.4 is 5.73 Å². The van der Waals surface area contributed by atoms with E-state index in [1.807, 2.05) is 0 Å². The fraction of sp³-hybridized carbons (Fsp3) is 0.738. The number of ether oxygens (including phenoxy) is 2. The molecule has 0 radical (unpaired) electrons. The lowest BCUT2D eigenvalue weighted by molar-refractivity contribution is -0.161. The number of carbonyl (C=O) groups excluding carboxylic acids is 2. The first-order chi connectivity index (χ1) is 34.8. The van der Waals surface area contributed by atoms with Crippen molar-refractivity contribution >= 4 is 19.8 Å². The van der Waals surface area contributed by atoms with E-state index in [4.69, 9.17) is 24.3 Å². The highest BCUT2D eigenvalue weighted by Gasteiger charge is 2.26. The van der Waals surface area contributed by atoms with Crippen molar-refractivity contribution in [2.45, 2.75) is 264 Å². The Labute approximate surface area is 436 Å². The summed E-state index contributed by atoms with van der Waals surface area (Å²) in [5, 5.41) is 0. The van der Waals surface area contributed by atoms with E-state index in [1.165, 1.54) is 154 Å². The molecule has 0 aromatic rings. The van der Waals surface area contributed by atoms with Gasteiger partial charge in [-0.25, -0.2) is 4.57 Å². The monoisotopic (exact) mass is 1010 g/mol. The second-order valence-electron chi connectivity index (χ2n) is 19.1. The molecule has 71 heavy (non-hydrogen) atoms. The molecule has 2 atom stereocenters. The molecule has 10 heteroatoms. The molecule has 0 heterocycles. The average Bonchev–Trinajstić information content (AvgIpc) is 3.36. The van der Waals surface area contributed by atoms with Crippen LogP contribution in [0.2, 0.25) is 0 Å². The molecule has 0 aliphatic rings. The van der Waals surface area contributed by atoms with Crippen LogP contribution in [0.1, 0.15) is 258 Å². The number of allylic oxidation sites excluding steroid dienone is 14. The van der Waals surface area contributed by atoms with Gasteiger partial charge in [-0.1, -0.05) is 240 Å². The van der Waals surface area contributed by atoms with Crippen molar-refractivity contribution in [2.24, 2.45) is 5.73 Å². The Morgan fingerprint density at radius 3 is 1.20 bits per heavy atom. The van der Waals surface area contributed by atoms with E-state index in [-0.39, 0.29) is 32.6 Å². The molecule has 0 saturated heterocycles. The second kappa shape index (κ2) is 56.5. The van der Waals surface area contributed by atoms with E-state index in [1.54, 1.807) is 0 Å². The first-order valence-corrected chi connectivity index (χ1v) is 30.6. The van der Waals surface area contributed by atoms with Gasteiger partial charge < -0.3 is 20.1 Å². The minimum Gasteiger partial charge on any atom is -0.462 e. The molecule has 9 nitrogen and oxygen atoms in total. The molecular weight excluding hydrogens is 906 g/mol. The van der Waals surface area contributed by atoms with Gasteiger partial charge in [-0.2, -0.15) is 0 Å². The third kappa shape index (κ3) is 56.3. The zero-order valence-corrected chi connectivity index (χ0v) is 46.6. The minimum atomic E-state index is -4.40. The van der Waals surface area contributed by atoms with Crippen molar-refractivity contribution in [3.8, 4) is 0 Å². The van der Waals surface area contributed by atoms with E-state index >= 15 is 0 Å². The Morgan fingerprint density at radius 1 is 0.437 bits per heavy atom. The molecule has 0 spiro atoms. The Kier molecular flexibility index (Phi) is 54.2. The SMILES string of the molecule is CC/C=C\C/C=C\C/C=C\C/C=C\C/C=C\C/C=C\CCCCC(=O)OC(COC(=O)CCCCCCCCCCCCCCCCCCC/C=C\CCCCCCCCCC)COP(=O)(O)OCCN. The molecular formula is C61H108NO8P. The van der Waals surface area contributed by atoms with Gasteiger partial charge in [0.05, 0.1) is 13.2 Å². The van der Waals surface area contributed by atoms with Crippen molar-refractivity contribution in [2.75, 3.05) is 26.4 Å². The van der Waals surface area contributed by atoms with Gasteiger partial charge in [-0.3, -0.25) is 18.6 Å². The number of hydrogen-bond acceptors (Lipinski definition) is 8. The fourth-order valence-corrected chi connectivity index (χ4v) is 8.75. The number of hydrogen-bond donors (Lipinski definition) is 2. The van der Waals surface area contributed by atoms with Gasteiger partial charge in [0.25, 0.3) is 0 Å². The maximum atomic E-state index is 12.7. The van der Waals surface area contributed by atoms with Crippen molar-refractivity contribution < 1.29 is 37.6 Å². The first-order valence-electron chi connectivity index (χ1n) is 29.1. The maximum absolute atomic E-state index is 12.7. The van der Waals surface area contributed by atoms with Gasteiger partial charge in [0.2, 0.25) is 0 Å². The highest BCUT2D eigenvalue weighted by atomic mass is 31.2. The van der Waals surface area contributed by atoms with Crippen LogP contribution in [0, 0.1) is 0 Å². The van der Waals surface area contributed by atoms with Crippen LogP contribution in [0.4, 0.5) is 0 Å². The van der Waals surface area contributed by atoms with Crippen molar-refractivity contribution in [3.63, 3.8) is 0 Å². The topological polar surface area (TPSA) is 134 Å². The molecule has 0 amide bonds. The number of rotatable bonds is 54. The number of phosphoric ester groups is 1. The highest BCUT2D eigenvalue weighted by Crippen LogP contribution is 2.43. The van der Waals surface area contributed by atoms with Crippen LogP contribution in [-0.2, 0) is 32.7 Å². The Balaban J connectivity index is 4.00. The smallest absolute Gasteiger partial charge is 0.462 e. The summed E-state index contributed by atoms with van der Waals surface area (Å²) in [7, 11) is -4.40. The third-order valence-corrected chi connectivity index (χ3v) is 13.2. The van der Waals surface area contributed by atoms with Gasteiger partial charge in [0.1, 0.15) is 6.61 Å². The molecule has 3 N–H and O–H groups in total. The molecule has 0 aliphatic carbocycles. The summed E-state index contributed by atoms with van der Waals surface area (Å²) in [6.45, 7) is 3.59. The zero-order chi connectivity index (χ0) is 51.7. The van der Waals surface area contributed by atoms with Crippen LogP contribution in [0.15, 0.2) is 85.1 Å². The van der Waals surface area contributed by atoms with Crippen molar-refractivity contribution in [1.29, 1.82) is 0 Å². The number of carbonyl (C=O) groups is 2. The lowest BCUT2D eigenvalue weighted by atomic mass is 10.0. The van der Waals surface area contributed by atoms with Gasteiger partial charge in [-0.15, -0.1) is 0 Å². The van der Waals surface area contributed by atoms with E-state index in [9.17, 15) is 19.0 Å². The summed E-state index contributed by atoms with van der Waals surface area (Å²) in [5.41, 5.74) is 5.38. The van der Waals surface area contributed by atoms with E-state index < -0.39 is 32.5 Å². The number of phosphoric acid groups is 1. The summed E-state index contributed by atoms with van der Waals surface area (Å²) in [6.07, 6.45) is 73.7. The van der Waals surface area contributed by atoms with Crippen molar-refractivity contribution in [1.82, 2.24) is 0 Å². The molecule has 410 valence electrons. The number of unbranched alkanes of at least 4 members (excludes halogenated alkanes) is 27. The molecule has 0 rings (SSSR count). The number of esters is 2. The van der Waals surface area contributed by atoms with E-state index in [0.29, 0.717) is 6.42 Å². The Bertz CT molecular complexity index is 1440. The van der Waals surface area contributed by atoms with Gasteiger partial charge in [-0.05, 0) is 89.9 Å². The Morgan fingerprint density at radius 2 is 0.775 bits per heavy atom. The van der Waals surface area contributed by atoms with Gasteiger partial charge in [0, 0.05) is 19.4 Å². The molecule has 0 aromatic heterocycles. The largest absolute Gasteiger partial charge is 0.472 e.